The zero-order valence-corrected chi connectivity index (χ0v) is 13.9. The van der Waals surface area contributed by atoms with Gasteiger partial charge in [0.25, 0.3) is 0 Å². The largest absolute Gasteiger partial charge is 0.388 e. The van der Waals surface area contributed by atoms with E-state index < -0.39 is 5.60 Å². The Balaban J connectivity index is 1.62. The van der Waals surface area contributed by atoms with Crippen LogP contribution in [0.15, 0.2) is 41.8 Å². The Labute approximate surface area is 140 Å². The third kappa shape index (κ3) is 4.12. The van der Waals surface area contributed by atoms with Gasteiger partial charge in [0, 0.05) is 17.0 Å². The highest BCUT2D eigenvalue weighted by molar-refractivity contribution is 7.13. The van der Waals surface area contributed by atoms with Gasteiger partial charge in [-0.05, 0) is 30.4 Å². The van der Waals surface area contributed by atoms with Crippen LogP contribution in [-0.2, 0) is 0 Å². The molecule has 0 saturated heterocycles. The van der Waals surface area contributed by atoms with Gasteiger partial charge in [-0.2, -0.15) is 0 Å². The van der Waals surface area contributed by atoms with Gasteiger partial charge in [0.2, 0.25) is 0 Å². The number of thiophene rings is 1. The van der Waals surface area contributed by atoms with E-state index in [0.717, 1.165) is 41.8 Å². The van der Waals surface area contributed by atoms with Crippen LogP contribution in [0, 0.1) is 0 Å². The van der Waals surface area contributed by atoms with E-state index in [1.54, 1.807) is 11.3 Å². The van der Waals surface area contributed by atoms with E-state index in [0.29, 0.717) is 6.54 Å². The second-order valence-corrected chi connectivity index (χ2v) is 7.06. The van der Waals surface area contributed by atoms with Crippen molar-refractivity contribution in [2.45, 2.75) is 37.7 Å². The number of nitrogens with one attached hydrogen (secondary N) is 2. The molecule has 1 aliphatic carbocycles. The Kier molecular flexibility index (Phi) is 4.98. The first-order valence-corrected chi connectivity index (χ1v) is 8.94. The minimum atomic E-state index is -0.747. The molecule has 2 amide bonds. The molecule has 0 unspecified atom stereocenters. The number of benzene rings is 1. The Hall–Kier alpha value is -1.85. The summed E-state index contributed by atoms with van der Waals surface area (Å²) in [7, 11) is 0. The number of rotatable bonds is 4. The zero-order valence-electron chi connectivity index (χ0n) is 13.0. The number of hydrogen-bond donors (Lipinski definition) is 3. The standard InChI is InChI=1S/C18H22N2O2S/c21-17(19-13-18(22)10-4-1-5-11-18)20-15-8-3-2-7-14(15)16-9-6-12-23-16/h2-3,6-9,12,22H,1,4-5,10-11,13H2,(H2,19,20,21). The molecular formula is C18H22N2O2S. The van der Waals surface area contributed by atoms with E-state index in [-0.39, 0.29) is 6.03 Å². The average molecular weight is 330 g/mol. The monoisotopic (exact) mass is 330 g/mol. The molecule has 0 radical (unpaired) electrons. The van der Waals surface area contributed by atoms with Crippen molar-refractivity contribution in [1.82, 2.24) is 5.32 Å². The highest BCUT2D eigenvalue weighted by Crippen LogP contribution is 2.31. The molecule has 5 heteroatoms. The molecule has 0 atom stereocenters. The van der Waals surface area contributed by atoms with Gasteiger partial charge in [-0.3, -0.25) is 0 Å². The summed E-state index contributed by atoms with van der Waals surface area (Å²) in [5.74, 6) is 0. The summed E-state index contributed by atoms with van der Waals surface area (Å²) in [5, 5.41) is 18.2. The highest BCUT2D eigenvalue weighted by atomic mass is 32.1. The minimum absolute atomic E-state index is 0.270. The number of aliphatic hydroxyl groups is 1. The van der Waals surface area contributed by atoms with E-state index in [2.05, 4.69) is 10.6 Å². The lowest BCUT2D eigenvalue weighted by Crippen LogP contribution is -2.45. The summed E-state index contributed by atoms with van der Waals surface area (Å²) in [5.41, 5.74) is 1.04. The van der Waals surface area contributed by atoms with Crippen LogP contribution in [0.5, 0.6) is 0 Å². The van der Waals surface area contributed by atoms with Gasteiger partial charge in [-0.25, -0.2) is 4.79 Å². The summed E-state index contributed by atoms with van der Waals surface area (Å²) in [6.07, 6.45) is 4.75. The maximum absolute atomic E-state index is 12.2. The Bertz CT molecular complexity index is 649. The van der Waals surface area contributed by atoms with Crippen molar-refractivity contribution in [1.29, 1.82) is 0 Å². The molecule has 0 aliphatic heterocycles. The fourth-order valence-electron chi connectivity index (χ4n) is 3.04. The number of anilines is 1. The number of carbonyl (C=O) groups is 1. The zero-order chi connectivity index (χ0) is 16.1. The number of amides is 2. The van der Waals surface area contributed by atoms with Crippen molar-refractivity contribution in [3.05, 3.63) is 41.8 Å². The SMILES string of the molecule is O=C(NCC1(O)CCCCC1)Nc1ccccc1-c1cccs1. The quantitative estimate of drug-likeness (QED) is 0.785. The van der Waals surface area contributed by atoms with Crippen molar-refractivity contribution in [2.24, 2.45) is 0 Å². The molecule has 1 heterocycles. The molecule has 23 heavy (non-hydrogen) atoms. The van der Waals surface area contributed by atoms with Crippen LogP contribution in [0.4, 0.5) is 10.5 Å². The summed E-state index contributed by atoms with van der Waals surface area (Å²) >= 11 is 1.64. The van der Waals surface area contributed by atoms with Gasteiger partial charge in [0.05, 0.1) is 11.3 Å². The van der Waals surface area contributed by atoms with Gasteiger partial charge in [0.1, 0.15) is 0 Å². The fourth-order valence-corrected chi connectivity index (χ4v) is 3.80. The molecule has 1 saturated carbocycles. The first kappa shape index (κ1) is 16.0. The van der Waals surface area contributed by atoms with Gasteiger partial charge < -0.3 is 15.7 Å². The van der Waals surface area contributed by atoms with Crippen molar-refractivity contribution in [3.8, 4) is 10.4 Å². The first-order valence-electron chi connectivity index (χ1n) is 8.06. The fraction of sp³-hybridized carbons (Fsp3) is 0.389. The van der Waals surface area contributed by atoms with E-state index in [9.17, 15) is 9.90 Å². The molecular weight excluding hydrogens is 308 g/mol. The number of para-hydroxylation sites is 1. The van der Waals surface area contributed by atoms with Crippen molar-refractivity contribution in [3.63, 3.8) is 0 Å². The van der Waals surface area contributed by atoms with Gasteiger partial charge >= 0.3 is 6.03 Å². The molecule has 1 fully saturated rings. The summed E-state index contributed by atoms with van der Waals surface area (Å²) in [6.45, 7) is 0.306. The maximum Gasteiger partial charge on any atom is 0.319 e. The van der Waals surface area contributed by atoms with Crippen LogP contribution in [0.2, 0.25) is 0 Å². The van der Waals surface area contributed by atoms with Crippen LogP contribution in [0.1, 0.15) is 32.1 Å². The van der Waals surface area contributed by atoms with E-state index in [4.69, 9.17) is 0 Å². The Morgan fingerprint density at radius 1 is 1.13 bits per heavy atom. The Morgan fingerprint density at radius 2 is 1.91 bits per heavy atom. The predicted octanol–water partition coefficient (Wildman–Crippen LogP) is 4.23. The molecule has 1 aromatic heterocycles. The maximum atomic E-state index is 12.2. The molecule has 3 N–H and O–H groups in total. The summed E-state index contributed by atoms with van der Waals surface area (Å²) < 4.78 is 0. The van der Waals surface area contributed by atoms with Gasteiger partial charge in [-0.1, -0.05) is 43.5 Å². The van der Waals surface area contributed by atoms with Crippen molar-refractivity contribution in [2.75, 3.05) is 11.9 Å². The molecule has 3 rings (SSSR count). The third-order valence-electron chi connectivity index (χ3n) is 4.32. The molecule has 122 valence electrons. The van der Waals surface area contributed by atoms with Gasteiger partial charge in [0.15, 0.2) is 0 Å². The molecule has 1 aliphatic rings. The third-order valence-corrected chi connectivity index (χ3v) is 5.23. The normalized spacial score (nSPS) is 16.7. The molecule has 2 aromatic rings. The topological polar surface area (TPSA) is 61.4 Å². The number of hydrogen-bond acceptors (Lipinski definition) is 3. The summed E-state index contributed by atoms with van der Waals surface area (Å²) in [6, 6.07) is 11.5. The van der Waals surface area contributed by atoms with E-state index >= 15 is 0 Å². The number of carbonyl (C=O) groups excluding carboxylic acids is 1. The van der Waals surface area contributed by atoms with E-state index in [1.165, 1.54) is 6.42 Å². The minimum Gasteiger partial charge on any atom is -0.388 e. The van der Waals surface area contributed by atoms with Crippen LogP contribution < -0.4 is 10.6 Å². The molecule has 4 nitrogen and oxygen atoms in total. The van der Waals surface area contributed by atoms with Crippen molar-refractivity contribution >= 4 is 23.1 Å². The lowest BCUT2D eigenvalue weighted by atomic mass is 9.85. The first-order chi connectivity index (χ1) is 11.2. The second-order valence-electron chi connectivity index (χ2n) is 6.12. The molecule has 0 spiro atoms. The lowest BCUT2D eigenvalue weighted by molar-refractivity contribution is 0.00755. The average Bonchev–Trinajstić information content (AvgIpc) is 3.09. The highest BCUT2D eigenvalue weighted by Gasteiger charge is 2.29. The van der Waals surface area contributed by atoms with Crippen molar-refractivity contribution < 1.29 is 9.90 Å². The summed E-state index contributed by atoms with van der Waals surface area (Å²) in [4.78, 5) is 13.3. The molecule has 0 bridgehead atoms. The number of urea groups is 1. The predicted molar refractivity (Wildman–Crippen MR) is 94.8 cm³/mol. The smallest absolute Gasteiger partial charge is 0.319 e. The van der Waals surface area contributed by atoms with Crippen LogP contribution in [-0.4, -0.2) is 23.3 Å². The van der Waals surface area contributed by atoms with Crippen LogP contribution in [0.25, 0.3) is 10.4 Å². The van der Waals surface area contributed by atoms with Crippen LogP contribution in [0.3, 0.4) is 0 Å². The van der Waals surface area contributed by atoms with Crippen LogP contribution >= 0.6 is 11.3 Å². The Morgan fingerprint density at radius 3 is 2.65 bits per heavy atom. The lowest BCUT2D eigenvalue weighted by Gasteiger charge is -2.32. The van der Waals surface area contributed by atoms with Gasteiger partial charge in [-0.15, -0.1) is 11.3 Å². The molecule has 1 aromatic carbocycles. The second kappa shape index (κ2) is 7.15. The van der Waals surface area contributed by atoms with E-state index in [1.807, 2.05) is 41.8 Å².